The quantitative estimate of drug-likeness (QED) is 0.905. The lowest BCUT2D eigenvalue weighted by Crippen LogP contribution is -2.43. The van der Waals surface area contributed by atoms with E-state index in [4.69, 9.17) is 5.73 Å². The highest BCUT2D eigenvalue weighted by atomic mass is 32.2. The van der Waals surface area contributed by atoms with Crippen LogP contribution in [0.3, 0.4) is 0 Å². The fourth-order valence-electron chi connectivity index (χ4n) is 2.47. The lowest BCUT2D eigenvalue weighted by atomic mass is 10.1. The lowest BCUT2D eigenvalue weighted by Gasteiger charge is -2.26. The zero-order valence-corrected chi connectivity index (χ0v) is 12.4. The monoisotopic (exact) mass is 296 g/mol. The minimum absolute atomic E-state index is 0.111. The summed E-state index contributed by atoms with van der Waals surface area (Å²) in [6.45, 7) is 0.387. The summed E-state index contributed by atoms with van der Waals surface area (Å²) in [6, 6.07) is 7.29. The van der Waals surface area contributed by atoms with E-state index >= 15 is 0 Å². The molecule has 2 N–H and O–H groups in total. The summed E-state index contributed by atoms with van der Waals surface area (Å²) in [7, 11) is -1.69. The molecule has 0 radical (unpaired) electrons. The number of hydrogen-bond donors (Lipinski definition) is 1. The number of sulfone groups is 1. The molecule has 2 rings (SSSR count). The smallest absolute Gasteiger partial charge is 0.245 e. The summed E-state index contributed by atoms with van der Waals surface area (Å²) in [5, 5.41) is -0.900. The van der Waals surface area contributed by atoms with E-state index < -0.39 is 15.1 Å². The van der Waals surface area contributed by atoms with Gasteiger partial charge in [0.25, 0.3) is 0 Å². The Morgan fingerprint density at radius 3 is 2.80 bits per heavy atom. The van der Waals surface area contributed by atoms with Crippen molar-refractivity contribution < 1.29 is 13.2 Å². The second-order valence-electron chi connectivity index (χ2n) is 5.12. The number of nitrogens with two attached hydrogens (primary N) is 1. The maximum Gasteiger partial charge on any atom is 0.245 e. The Morgan fingerprint density at radius 1 is 1.40 bits per heavy atom. The lowest BCUT2D eigenvalue weighted by molar-refractivity contribution is -0.118. The van der Waals surface area contributed by atoms with Crippen molar-refractivity contribution in [3.8, 4) is 0 Å². The zero-order valence-electron chi connectivity index (χ0n) is 11.6. The van der Waals surface area contributed by atoms with Crippen LogP contribution in [-0.2, 0) is 21.2 Å². The first-order chi connectivity index (χ1) is 9.45. The second-order valence-corrected chi connectivity index (χ2v) is 7.43. The fraction of sp³-hybridized carbons (Fsp3) is 0.500. The number of nitrogens with zero attached hydrogens (tertiary/aromatic N) is 1. The van der Waals surface area contributed by atoms with Crippen LogP contribution in [-0.4, -0.2) is 32.4 Å². The summed E-state index contributed by atoms with van der Waals surface area (Å²) in [5.41, 5.74) is 7.17. The summed E-state index contributed by atoms with van der Waals surface area (Å²) >= 11 is 0. The van der Waals surface area contributed by atoms with Crippen molar-refractivity contribution in [1.29, 1.82) is 0 Å². The van der Waals surface area contributed by atoms with Gasteiger partial charge in [0.2, 0.25) is 5.91 Å². The molecule has 1 aromatic carbocycles. The van der Waals surface area contributed by atoms with Crippen molar-refractivity contribution in [2.45, 2.75) is 31.1 Å². The molecular weight excluding hydrogens is 276 g/mol. The van der Waals surface area contributed by atoms with Gasteiger partial charge in [-0.15, -0.1) is 0 Å². The van der Waals surface area contributed by atoms with Crippen LogP contribution in [0, 0.1) is 0 Å². The van der Waals surface area contributed by atoms with Crippen molar-refractivity contribution in [3.05, 3.63) is 29.8 Å². The number of carbonyl (C=O) groups is 1. The molecule has 0 aliphatic carbocycles. The molecule has 1 saturated heterocycles. The Hall–Kier alpha value is -1.40. The van der Waals surface area contributed by atoms with Crippen molar-refractivity contribution >= 4 is 21.4 Å². The maximum atomic E-state index is 12.4. The molecule has 20 heavy (non-hydrogen) atoms. The first-order valence-corrected chi connectivity index (χ1v) is 8.45. The van der Waals surface area contributed by atoms with Gasteiger partial charge in [0.15, 0.2) is 9.84 Å². The topological polar surface area (TPSA) is 80.5 Å². The first-order valence-electron chi connectivity index (χ1n) is 6.74. The van der Waals surface area contributed by atoms with Gasteiger partial charge in [0, 0.05) is 19.3 Å². The first kappa shape index (κ1) is 15.0. The van der Waals surface area contributed by atoms with E-state index in [9.17, 15) is 13.2 Å². The highest BCUT2D eigenvalue weighted by Gasteiger charge is 2.36. The van der Waals surface area contributed by atoms with Crippen molar-refractivity contribution in [3.63, 3.8) is 0 Å². The van der Waals surface area contributed by atoms with Crippen LogP contribution < -0.4 is 10.6 Å². The number of carbonyl (C=O) groups excluding carboxylic acids is 1. The summed E-state index contributed by atoms with van der Waals surface area (Å²) in [6.07, 6.45) is 1.85. The normalized spacial score (nSPS) is 21.4. The summed E-state index contributed by atoms with van der Waals surface area (Å²) < 4.78 is 24.0. The average Bonchev–Trinajstić information content (AvgIpc) is 2.45. The predicted octanol–water partition coefficient (Wildman–Crippen LogP) is 1.08. The number of rotatable bonds is 3. The molecule has 0 aromatic heterocycles. The molecule has 0 spiro atoms. The highest BCUT2D eigenvalue weighted by Crippen LogP contribution is 2.24. The van der Waals surface area contributed by atoms with Crippen LogP contribution in [0.4, 0.5) is 5.69 Å². The third-order valence-corrected chi connectivity index (χ3v) is 5.88. The van der Waals surface area contributed by atoms with Gasteiger partial charge in [0.05, 0.1) is 5.75 Å². The molecule has 1 unspecified atom stereocenters. The average molecular weight is 296 g/mol. The van der Waals surface area contributed by atoms with Gasteiger partial charge in [-0.25, -0.2) is 8.42 Å². The Morgan fingerprint density at radius 2 is 2.15 bits per heavy atom. The molecule has 5 nitrogen and oxygen atoms in total. The van der Waals surface area contributed by atoms with E-state index in [1.165, 1.54) is 4.90 Å². The van der Waals surface area contributed by atoms with E-state index in [1.807, 2.05) is 18.2 Å². The zero-order chi connectivity index (χ0) is 14.8. The fourth-order valence-corrected chi connectivity index (χ4v) is 4.35. The van der Waals surface area contributed by atoms with Gasteiger partial charge in [-0.3, -0.25) is 4.79 Å². The molecule has 1 aliphatic heterocycles. The van der Waals surface area contributed by atoms with Crippen molar-refractivity contribution in [2.24, 2.45) is 5.73 Å². The van der Waals surface area contributed by atoms with E-state index in [0.717, 1.165) is 12.0 Å². The molecule has 0 saturated carbocycles. The van der Waals surface area contributed by atoms with Crippen LogP contribution in [0.1, 0.15) is 24.8 Å². The Kier molecular flexibility index (Phi) is 4.45. The van der Waals surface area contributed by atoms with Gasteiger partial charge in [-0.1, -0.05) is 18.6 Å². The molecule has 1 atom stereocenters. The molecule has 1 aromatic rings. The van der Waals surface area contributed by atoms with Crippen LogP contribution in [0.5, 0.6) is 0 Å². The molecule has 1 fully saturated rings. The molecule has 1 aliphatic rings. The van der Waals surface area contributed by atoms with Gasteiger partial charge in [-0.05, 0) is 30.5 Å². The molecule has 6 heteroatoms. The van der Waals surface area contributed by atoms with Crippen molar-refractivity contribution in [2.75, 3.05) is 17.7 Å². The predicted molar refractivity (Wildman–Crippen MR) is 79.2 cm³/mol. The number of benzene rings is 1. The van der Waals surface area contributed by atoms with Gasteiger partial charge in [0.1, 0.15) is 5.25 Å². The molecule has 0 bridgehead atoms. The van der Waals surface area contributed by atoms with E-state index in [2.05, 4.69) is 0 Å². The molecular formula is C14H20N2O3S. The van der Waals surface area contributed by atoms with Crippen LogP contribution in [0.25, 0.3) is 0 Å². The van der Waals surface area contributed by atoms with E-state index in [1.54, 1.807) is 13.1 Å². The Labute approximate surface area is 119 Å². The van der Waals surface area contributed by atoms with Gasteiger partial charge < -0.3 is 10.6 Å². The second kappa shape index (κ2) is 5.93. The van der Waals surface area contributed by atoms with E-state index in [-0.39, 0.29) is 11.7 Å². The van der Waals surface area contributed by atoms with Crippen molar-refractivity contribution in [1.82, 2.24) is 0 Å². The van der Waals surface area contributed by atoms with Gasteiger partial charge >= 0.3 is 0 Å². The summed E-state index contributed by atoms with van der Waals surface area (Å²) in [4.78, 5) is 13.9. The maximum absolute atomic E-state index is 12.4. The largest absolute Gasteiger partial charge is 0.326 e. The Balaban J connectivity index is 2.23. The SMILES string of the molecule is CN(C(=O)C1CCCCS1(=O)=O)c1cccc(CN)c1. The highest BCUT2D eigenvalue weighted by molar-refractivity contribution is 7.92. The Bertz CT molecular complexity index is 598. The number of hydrogen-bond acceptors (Lipinski definition) is 4. The molecule has 1 heterocycles. The van der Waals surface area contributed by atoms with Crippen LogP contribution >= 0.6 is 0 Å². The minimum atomic E-state index is -3.31. The van der Waals surface area contributed by atoms with E-state index in [0.29, 0.717) is 25.1 Å². The molecule has 110 valence electrons. The van der Waals surface area contributed by atoms with Crippen LogP contribution in [0.2, 0.25) is 0 Å². The third kappa shape index (κ3) is 3.02. The minimum Gasteiger partial charge on any atom is -0.326 e. The summed E-state index contributed by atoms with van der Waals surface area (Å²) in [5.74, 6) is -0.237. The van der Waals surface area contributed by atoms with Crippen LogP contribution in [0.15, 0.2) is 24.3 Å². The molecule has 1 amide bonds. The number of anilines is 1. The van der Waals surface area contributed by atoms with Gasteiger partial charge in [-0.2, -0.15) is 0 Å². The third-order valence-electron chi connectivity index (χ3n) is 3.72. The number of amides is 1. The standard InChI is InChI=1S/C14H20N2O3S/c1-16(12-6-4-5-11(9-12)10-15)14(17)13-7-2-3-8-20(13,18)19/h4-6,9,13H,2-3,7-8,10,15H2,1H3.